The molecule has 0 saturated heterocycles. The predicted octanol–water partition coefficient (Wildman–Crippen LogP) is 4.34. The molecule has 3 aromatic rings. The van der Waals surface area contributed by atoms with E-state index in [0.29, 0.717) is 0 Å². The zero-order valence-corrected chi connectivity index (χ0v) is 11.8. The second kappa shape index (κ2) is 4.89. The Hall–Kier alpha value is -2.48. The lowest BCUT2D eigenvalue weighted by Gasteiger charge is -2.15. The van der Waals surface area contributed by atoms with E-state index in [1.165, 1.54) is 22.5 Å². The fraction of sp³-hybridized carbons (Fsp3) is 0.111. The molecule has 0 aliphatic rings. The molecule has 2 heteroatoms. The molecule has 100 valence electrons. The van der Waals surface area contributed by atoms with Crippen LogP contribution in [-0.4, -0.2) is 4.57 Å². The lowest BCUT2D eigenvalue weighted by molar-refractivity contribution is 1.02. The third-order valence-electron chi connectivity index (χ3n) is 3.57. The Balaban J connectivity index is 2.22. The first-order valence-electron chi connectivity index (χ1n) is 6.77. The highest BCUT2D eigenvalue weighted by molar-refractivity contribution is 5.69. The Morgan fingerprint density at radius 1 is 0.850 bits per heavy atom. The number of hydrogen-bond donors (Lipinski definition) is 1. The van der Waals surface area contributed by atoms with Crippen molar-refractivity contribution >= 4 is 5.69 Å². The second-order valence-corrected chi connectivity index (χ2v) is 5.12. The van der Waals surface area contributed by atoms with Crippen molar-refractivity contribution in [1.29, 1.82) is 0 Å². The number of rotatable bonds is 2. The standard InChI is InChI=1S/C18H18N2/c1-13-8-10-18(16(19)12-13)20-14(2)9-11-17(20)15-6-4-3-5-7-15/h3-12H,19H2,1-2H3. The van der Waals surface area contributed by atoms with Crippen LogP contribution >= 0.6 is 0 Å². The number of anilines is 1. The van der Waals surface area contributed by atoms with Crippen molar-refractivity contribution in [2.45, 2.75) is 13.8 Å². The van der Waals surface area contributed by atoms with Crippen molar-refractivity contribution < 1.29 is 0 Å². The van der Waals surface area contributed by atoms with Gasteiger partial charge in [-0.05, 0) is 49.2 Å². The van der Waals surface area contributed by atoms with Crippen molar-refractivity contribution in [3.05, 3.63) is 71.9 Å². The molecule has 20 heavy (non-hydrogen) atoms. The summed E-state index contributed by atoms with van der Waals surface area (Å²) in [4.78, 5) is 0. The molecule has 2 nitrogen and oxygen atoms in total. The molecule has 0 unspecified atom stereocenters. The van der Waals surface area contributed by atoms with Gasteiger partial charge in [0.2, 0.25) is 0 Å². The molecule has 0 bridgehead atoms. The van der Waals surface area contributed by atoms with Gasteiger partial charge < -0.3 is 10.3 Å². The molecule has 3 rings (SSSR count). The SMILES string of the molecule is Cc1ccc(-n2c(C)ccc2-c2ccccc2)c(N)c1. The first kappa shape index (κ1) is 12.5. The van der Waals surface area contributed by atoms with E-state index in [2.05, 4.69) is 66.9 Å². The minimum Gasteiger partial charge on any atom is -0.397 e. The molecule has 0 saturated carbocycles. The summed E-state index contributed by atoms with van der Waals surface area (Å²) in [6, 6.07) is 20.9. The smallest absolute Gasteiger partial charge is 0.0688 e. The largest absolute Gasteiger partial charge is 0.397 e. The molecule has 0 aliphatic heterocycles. The molecule has 0 aliphatic carbocycles. The van der Waals surface area contributed by atoms with Crippen molar-refractivity contribution in [2.24, 2.45) is 0 Å². The first-order valence-corrected chi connectivity index (χ1v) is 6.77. The van der Waals surface area contributed by atoms with Gasteiger partial charge in [-0.15, -0.1) is 0 Å². The molecule has 0 amide bonds. The zero-order chi connectivity index (χ0) is 14.1. The lowest BCUT2D eigenvalue weighted by Crippen LogP contribution is -2.03. The number of benzene rings is 2. The van der Waals surface area contributed by atoms with Gasteiger partial charge in [0.1, 0.15) is 0 Å². The summed E-state index contributed by atoms with van der Waals surface area (Å²) in [7, 11) is 0. The summed E-state index contributed by atoms with van der Waals surface area (Å²) in [5, 5.41) is 0. The highest BCUT2D eigenvalue weighted by Crippen LogP contribution is 2.29. The molecule has 0 atom stereocenters. The summed E-state index contributed by atoms with van der Waals surface area (Å²) in [6.45, 7) is 4.16. The third-order valence-corrected chi connectivity index (χ3v) is 3.57. The Kier molecular flexibility index (Phi) is 3.07. The summed E-state index contributed by atoms with van der Waals surface area (Å²) in [5.74, 6) is 0. The van der Waals surface area contributed by atoms with Crippen LogP contribution in [0.3, 0.4) is 0 Å². The van der Waals surface area contributed by atoms with Gasteiger partial charge in [-0.25, -0.2) is 0 Å². The molecule has 2 N–H and O–H groups in total. The summed E-state index contributed by atoms with van der Waals surface area (Å²) >= 11 is 0. The number of nitrogen functional groups attached to an aromatic ring is 1. The van der Waals surface area contributed by atoms with Crippen LogP contribution in [0.25, 0.3) is 16.9 Å². The average molecular weight is 262 g/mol. The first-order chi connectivity index (χ1) is 9.66. The van der Waals surface area contributed by atoms with Gasteiger partial charge in [-0.3, -0.25) is 0 Å². The fourth-order valence-corrected chi connectivity index (χ4v) is 2.57. The Morgan fingerprint density at radius 2 is 1.60 bits per heavy atom. The van der Waals surface area contributed by atoms with Crippen molar-refractivity contribution in [1.82, 2.24) is 4.57 Å². The molecule has 0 spiro atoms. The summed E-state index contributed by atoms with van der Waals surface area (Å²) in [5.41, 5.74) is 12.8. The average Bonchev–Trinajstić information content (AvgIpc) is 2.82. The van der Waals surface area contributed by atoms with Crippen LogP contribution in [0, 0.1) is 13.8 Å². The molecular formula is C18H18N2. The Bertz CT molecular complexity index is 739. The Labute approximate surface area is 119 Å². The van der Waals surface area contributed by atoms with Crippen molar-refractivity contribution in [2.75, 3.05) is 5.73 Å². The molecule has 0 fully saturated rings. The topological polar surface area (TPSA) is 30.9 Å². The van der Waals surface area contributed by atoms with Gasteiger partial charge in [0.15, 0.2) is 0 Å². The molecule has 1 aromatic heterocycles. The minimum absolute atomic E-state index is 0.807. The van der Waals surface area contributed by atoms with E-state index in [1.54, 1.807) is 0 Å². The van der Waals surface area contributed by atoms with E-state index in [1.807, 2.05) is 12.1 Å². The van der Waals surface area contributed by atoms with Gasteiger partial charge in [0.05, 0.1) is 17.1 Å². The number of aromatic nitrogens is 1. The molecule has 1 heterocycles. The van der Waals surface area contributed by atoms with Crippen LogP contribution in [0.4, 0.5) is 5.69 Å². The van der Waals surface area contributed by atoms with Gasteiger partial charge >= 0.3 is 0 Å². The number of nitrogens with two attached hydrogens (primary N) is 1. The van der Waals surface area contributed by atoms with Gasteiger partial charge in [-0.1, -0.05) is 36.4 Å². The second-order valence-electron chi connectivity index (χ2n) is 5.12. The number of aryl methyl sites for hydroxylation is 2. The van der Waals surface area contributed by atoms with Gasteiger partial charge in [0, 0.05) is 5.69 Å². The van der Waals surface area contributed by atoms with Crippen LogP contribution in [0.1, 0.15) is 11.3 Å². The fourth-order valence-electron chi connectivity index (χ4n) is 2.57. The number of nitrogens with zero attached hydrogens (tertiary/aromatic N) is 1. The molecule has 2 aromatic carbocycles. The maximum atomic E-state index is 6.21. The number of hydrogen-bond acceptors (Lipinski definition) is 1. The van der Waals surface area contributed by atoms with E-state index in [0.717, 1.165) is 11.4 Å². The van der Waals surface area contributed by atoms with E-state index in [9.17, 15) is 0 Å². The minimum atomic E-state index is 0.807. The highest BCUT2D eigenvalue weighted by Gasteiger charge is 2.11. The maximum Gasteiger partial charge on any atom is 0.0688 e. The van der Waals surface area contributed by atoms with Crippen LogP contribution in [-0.2, 0) is 0 Å². The van der Waals surface area contributed by atoms with E-state index in [-0.39, 0.29) is 0 Å². The highest BCUT2D eigenvalue weighted by atomic mass is 15.0. The lowest BCUT2D eigenvalue weighted by atomic mass is 10.1. The van der Waals surface area contributed by atoms with Gasteiger partial charge in [-0.2, -0.15) is 0 Å². The van der Waals surface area contributed by atoms with Crippen LogP contribution in [0.5, 0.6) is 0 Å². The van der Waals surface area contributed by atoms with Crippen LogP contribution in [0.2, 0.25) is 0 Å². The van der Waals surface area contributed by atoms with E-state index >= 15 is 0 Å². The monoisotopic (exact) mass is 262 g/mol. The summed E-state index contributed by atoms with van der Waals surface area (Å²) < 4.78 is 2.21. The maximum absolute atomic E-state index is 6.21. The van der Waals surface area contributed by atoms with Crippen LogP contribution < -0.4 is 5.73 Å². The van der Waals surface area contributed by atoms with E-state index in [4.69, 9.17) is 5.73 Å². The summed E-state index contributed by atoms with van der Waals surface area (Å²) in [6.07, 6.45) is 0. The Morgan fingerprint density at radius 3 is 2.30 bits per heavy atom. The van der Waals surface area contributed by atoms with Crippen LogP contribution in [0.15, 0.2) is 60.7 Å². The zero-order valence-electron chi connectivity index (χ0n) is 11.8. The molecule has 0 radical (unpaired) electrons. The third kappa shape index (κ3) is 2.10. The van der Waals surface area contributed by atoms with E-state index < -0.39 is 0 Å². The molecular weight excluding hydrogens is 244 g/mol. The predicted molar refractivity (Wildman–Crippen MR) is 85.1 cm³/mol. The van der Waals surface area contributed by atoms with Gasteiger partial charge in [0.25, 0.3) is 0 Å². The van der Waals surface area contributed by atoms with Crippen molar-refractivity contribution in [3.63, 3.8) is 0 Å². The van der Waals surface area contributed by atoms with Crippen molar-refractivity contribution in [3.8, 4) is 16.9 Å². The normalized spacial score (nSPS) is 10.7. The quantitative estimate of drug-likeness (QED) is 0.684.